The highest BCUT2D eigenvalue weighted by Crippen LogP contribution is 2.33. The summed E-state index contributed by atoms with van der Waals surface area (Å²) in [4.78, 5) is 2.58. The molecule has 0 aromatic heterocycles. The van der Waals surface area contributed by atoms with E-state index in [0.29, 0.717) is 6.04 Å². The number of nitrogens with zero attached hydrogens (tertiary/aromatic N) is 1. The number of rotatable bonds is 9. The Kier molecular flexibility index (Phi) is 9.23. The molecule has 1 rings (SSSR count). The average molecular weight is 301 g/mol. The monoisotopic (exact) mass is 300 g/mol. The maximum atomic E-state index is 3.74. The van der Waals surface area contributed by atoms with Crippen molar-refractivity contribution < 1.29 is 0 Å². The fourth-order valence-corrected chi connectivity index (χ4v) is 4.42. The van der Waals surface area contributed by atoms with E-state index in [1.165, 1.54) is 44.4 Å². The summed E-state index contributed by atoms with van der Waals surface area (Å²) in [6.45, 7) is 9.32. The lowest BCUT2D eigenvalue weighted by atomic mass is 9.76. The summed E-state index contributed by atoms with van der Waals surface area (Å²) in [5, 5.41) is 3.74. The molecule has 3 heteroatoms. The topological polar surface area (TPSA) is 15.3 Å². The zero-order chi connectivity index (χ0) is 15.0. The van der Waals surface area contributed by atoms with Crippen molar-refractivity contribution in [1.82, 2.24) is 10.2 Å². The van der Waals surface area contributed by atoms with E-state index in [1.54, 1.807) is 0 Å². The van der Waals surface area contributed by atoms with E-state index < -0.39 is 0 Å². The predicted octanol–water partition coefficient (Wildman–Crippen LogP) is 3.86. The second-order valence-electron chi connectivity index (χ2n) is 6.64. The highest BCUT2D eigenvalue weighted by Gasteiger charge is 2.30. The molecule has 0 bridgehead atoms. The van der Waals surface area contributed by atoms with Gasteiger partial charge in [0, 0.05) is 24.4 Å². The molecular weight excluding hydrogens is 264 g/mol. The van der Waals surface area contributed by atoms with Crippen LogP contribution >= 0.6 is 11.8 Å². The van der Waals surface area contributed by atoms with Crippen LogP contribution in [0.15, 0.2) is 0 Å². The smallest absolute Gasteiger partial charge is 0.0155 e. The molecule has 20 heavy (non-hydrogen) atoms. The van der Waals surface area contributed by atoms with Gasteiger partial charge < -0.3 is 10.2 Å². The molecule has 0 saturated heterocycles. The molecule has 0 aromatic rings. The minimum Gasteiger partial charge on any atom is -0.314 e. The molecule has 0 spiro atoms. The standard InChI is InChI=1S/C17H36N2S/c1-6-8-15-9-10-17(18-7-2)16(11-15)12-19(4)14(3)13-20-5/h14-18H,6-13H2,1-5H3. The van der Waals surface area contributed by atoms with Gasteiger partial charge in [-0.2, -0.15) is 11.8 Å². The summed E-state index contributed by atoms with van der Waals surface area (Å²) in [7, 11) is 2.31. The zero-order valence-electron chi connectivity index (χ0n) is 14.3. The highest BCUT2D eigenvalue weighted by molar-refractivity contribution is 7.98. The van der Waals surface area contributed by atoms with Gasteiger partial charge in [-0.1, -0.05) is 26.7 Å². The normalized spacial score (nSPS) is 28.8. The Morgan fingerprint density at radius 2 is 2.05 bits per heavy atom. The van der Waals surface area contributed by atoms with Gasteiger partial charge in [0.15, 0.2) is 0 Å². The molecule has 0 radical (unpaired) electrons. The van der Waals surface area contributed by atoms with Crippen LogP contribution in [0.3, 0.4) is 0 Å². The third-order valence-electron chi connectivity index (χ3n) is 4.94. The molecule has 1 aliphatic rings. The minimum absolute atomic E-state index is 0.693. The lowest BCUT2D eigenvalue weighted by Crippen LogP contribution is -2.47. The number of thioether (sulfide) groups is 1. The summed E-state index contributed by atoms with van der Waals surface area (Å²) < 4.78 is 0. The molecule has 1 aliphatic carbocycles. The van der Waals surface area contributed by atoms with E-state index in [0.717, 1.165) is 24.4 Å². The quantitative estimate of drug-likeness (QED) is 0.696. The fourth-order valence-electron chi connectivity index (χ4n) is 3.68. The van der Waals surface area contributed by atoms with Gasteiger partial charge in [0.2, 0.25) is 0 Å². The van der Waals surface area contributed by atoms with Crippen LogP contribution in [-0.2, 0) is 0 Å². The fraction of sp³-hybridized carbons (Fsp3) is 1.00. The molecule has 4 unspecified atom stereocenters. The van der Waals surface area contributed by atoms with Crippen LogP contribution in [0.1, 0.15) is 52.9 Å². The first-order chi connectivity index (χ1) is 9.62. The Hall–Kier alpha value is 0.270. The third-order valence-corrected chi connectivity index (χ3v) is 5.75. The van der Waals surface area contributed by atoms with E-state index in [2.05, 4.69) is 44.3 Å². The minimum atomic E-state index is 0.693. The molecule has 2 nitrogen and oxygen atoms in total. The van der Waals surface area contributed by atoms with E-state index in [9.17, 15) is 0 Å². The van der Waals surface area contributed by atoms with Crippen molar-refractivity contribution in [3.8, 4) is 0 Å². The maximum absolute atomic E-state index is 3.74. The molecule has 0 aromatic carbocycles. The molecule has 120 valence electrons. The van der Waals surface area contributed by atoms with Crippen LogP contribution in [0, 0.1) is 11.8 Å². The molecule has 0 heterocycles. The number of hydrogen-bond donors (Lipinski definition) is 1. The Bertz CT molecular complexity index is 247. The number of nitrogens with one attached hydrogen (secondary N) is 1. The van der Waals surface area contributed by atoms with E-state index >= 15 is 0 Å². The molecule has 1 fully saturated rings. The lowest BCUT2D eigenvalue weighted by Gasteiger charge is -2.40. The van der Waals surface area contributed by atoms with Gasteiger partial charge in [0.1, 0.15) is 0 Å². The first kappa shape index (κ1) is 18.3. The van der Waals surface area contributed by atoms with Crippen molar-refractivity contribution in [2.24, 2.45) is 11.8 Å². The van der Waals surface area contributed by atoms with E-state index in [4.69, 9.17) is 0 Å². The molecule has 0 aliphatic heterocycles. The molecule has 1 N–H and O–H groups in total. The van der Waals surface area contributed by atoms with Crippen LogP contribution in [0.5, 0.6) is 0 Å². The summed E-state index contributed by atoms with van der Waals surface area (Å²) in [6.07, 6.45) is 9.24. The van der Waals surface area contributed by atoms with E-state index in [-0.39, 0.29) is 0 Å². The van der Waals surface area contributed by atoms with Crippen molar-refractivity contribution in [2.75, 3.05) is 32.1 Å². The van der Waals surface area contributed by atoms with Gasteiger partial charge in [0.05, 0.1) is 0 Å². The van der Waals surface area contributed by atoms with Gasteiger partial charge in [0.25, 0.3) is 0 Å². The van der Waals surface area contributed by atoms with Crippen LogP contribution in [-0.4, -0.2) is 49.1 Å². The van der Waals surface area contributed by atoms with Crippen LogP contribution < -0.4 is 5.32 Å². The molecule has 0 amide bonds. The largest absolute Gasteiger partial charge is 0.314 e. The van der Waals surface area contributed by atoms with Crippen molar-refractivity contribution in [2.45, 2.75) is 65.0 Å². The third kappa shape index (κ3) is 5.95. The summed E-state index contributed by atoms with van der Waals surface area (Å²) in [6, 6.07) is 1.44. The second kappa shape index (κ2) is 10.1. The molecule has 1 saturated carbocycles. The molecular formula is C17H36N2S. The van der Waals surface area contributed by atoms with Gasteiger partial charge in [-0.15, -0.1) is 0 Å². The summed E-state index contributed by atoms with van der Waals surface area (Å²) >= 11 is 1.96. The van der Waals surface area contributed by atoms with Crippen molar-refractivity contribution in [3.63, 3.8) is 0 Å². The summed E-state index contributed by atoms with van der Waals surface area (Å²) in [5.41, 5.74) is 0. The second-order valence-corrected chi connectivity index (χ2v) is 7.55. The average Bonchev–Trinajstić information content (AvgIpc) is 2.42. The Labute approximate surface area is 131 Å². The first-order valence-corrected chi connectivity index (χ1v) is 9.94. The predicted molar refractivity (Wildman–Crippen MR) is 93.7 cm³/mol. The Balaban J connectivity index is 2.54. The number of hydrogen-bond acceptors (Lipinski definition) is 3. The Morgan fingerprint density at radius 1 is 1.30 bits per heavy atom. The van der Waals surface area contributed by atoms with E-state index in [1.807, 2.05) is 11.8 Å². The summed E-state index contributed by atoms with van der Waals surface area (Å²) in [5.74, 6) is 3.06. The van der Waals surface area contributed by atoms with Crippen molar-refractivity contribution >= 4 is 11.8 Å². The lowest BCUT2D eigenvalue weighted by molar-refractivity contribution is 0.136. The SMILES string of the molecule is CCCC1CCC(NCC)C(CN(C)C(C)CSC)C1. The van der Waals surface area contributed by atoms with Crippen LogP contribution in [0.25, 0.3) is 0 Å². The first-order valence-electron chi connectivity index (χ1n) is 8.54. The van der Waals surface area contributed by atoms with Crippen LogP contribution in [0.4, 0.5) is 0 Å². The maximum Gasteiger partial charge on any atom is 0.0155 e. The van der Waals surface area contributed by atoms with Gasteiger partial charge in [-0.05, 0) is 57.9 Å². The van der Waals surface area contributed by atoms with Gasteiger partial charge in [-0.3, -0.25) is 0 Å². The zero-order valence-corrected chi connectivity index (χ0v) is 15.1. The van der Waals surface area contributed by atoms with Crippen molar-refractivity contribution in [1.29, 1.82) is 0 Å². The van der Waals surface area contributed by atoms with Gasteiger partial charge >= 0.3 is 0 Å². The van der Waals surface area contributed by atoms with Crippen LogP contribution in [0.2, 0.25) is 0 Å². The van der Waals surface area contributed by atoms with Gasteiger partial charge in [-0.25, -0.2) is 0 Å². The van der Waals surface area contributed by atoms with Crippen molar-refractivity contribution in [3.05, 3.63) is 0 Å². The Morgan fingerprint density at radius 3 is 2.65 bits per heavy atom. The molecule has 4 atom stereocenters. The highest BCUT2D eigenvalue weighted by atomic mass is 32.2.